The molecule has 0 spiro atoms. The summed E-state index contributed by atoms with van der Waals surface area (Å²) in [5, 5.41) is 3.18. The van der Waals surface area contributed by atoms with E-state index in [1.165, 1.54) is 25.7 Å². The summed E-state index contributed by atoms with van der Waals surface area (Å²) in [6.07, 6.45) is 10.0. The first-order valence-electron chi connectivity index (χ1n) is 7.90. The molecule has 2 rings (SSSR count). The van der Waals surface area contributed by atoms with Gasteiger partial charge in [-0.05, 0) is 51.0 Å². The predicted octanol–water partition coefficient (Wildman–Crippen LogP) is 2.39. The third-order valence-electron chi connectivity index (χ3n) is 4.53. The van der Waals surface area contributed by atoms with E-state index in [-0.39, 0.29) is 18.3 Å². The van der Waals surface area contributed by atoms with Crippen molar-refractivity contribution in [2.45, 2.75) is 69.9 Å². The Bertz CT molecular complexity index is 283. The molecule has 2 aliphatic rings. The van der Waals surface area contributed by atoms with Crippen molar-refractivity contribution in [1.29, 1.82) is 0 Å². The van der Waals surface area contributed by atoms with Gasteiger partial charge in [-0.25, -0.2) is 0 Å². The first-order chi connectivity index (χ1) is 9.29. The van der Waals surface area contributed by atoms with E-state index < -0.39 is 0 Å². The van der Waals surface area contributed by atoms with E-state index >= 15 is 0 Å². The van der Waals surface area contributed by atoms with E-state index in [0.29, 0.717) is 31.0 Å². The van der Waals surface area contributed by atoms with E-state index in [4.69, 9.17) is 10.5 Å². The molecule has 1 aliphatic carbocycles. The van der Waals surface area contributed by atoms with Gasteiger partial charge >= 0.3 is 0 Å². The van der Waals surface area contributed by atoms with Crippen molar-refractivity contribution >= 4 is 18.3 Å². The minimum atomic E-state index is 0. The number of nitrogens with two attached hydrogens (primary N) is 1. The SMILES string of the molecule is Cl.NCC1CCCCC1NC(=O)CCC1CCCCO1. The fourth-order valence-corrected chi connectivity index (χ4v) is 3.29. The van der Waals surface area contributed by atoms with Gasteiger partial charge in [0.2, 0.25) is 5.91 Å². The summed E-state index contributed by atoms with van der Waals surface area (Å²) in [4.78, 5) is 12.0. The van der Waals surface area contributed by atoms with Gasteiger partial charge in [-0.15, -0.1) is 12.4 Å². The maximum absolute atomic E-state index is 12.0. The molecule has 1 aliphatic heterocycles. The summed E-state index contributed by atoms with van der Waals surface area (Å²) in [5.41, 5.74) is 5.79. The molecule has 1 heterocycles. The Hall–Kier alpha value is -0.320. The maximum Gasteiger partial charge on any atom is 0.220 e. The van der Waals surface area contributed by atoms with E-state index in [0.717, 1.165) is 32.3 Å². The lowest BCUT2D eigenvalue weighted by atomic mass is 9.84. The Morgan fingerprint density at radius 2 is 1.90 bits per heavy atom. The van der Waals surface area contributed by atoms with Gasteiger partial charge in [-0.1, -0.05) is 12.8 Å². The Labute approximate surface area is 128 Å². The van der Waals surface area contributed by atoms with E-state index in [1.807, 2.05) is 0 Å². The van der Waals surface area contributed by atoms with Crippen molar-refractivity contribution in [2.75, 3.05) is 13.2 Å². The average Bonchev–Trinajstić information content (AvgIpc) is 2.47. The second-order valence-corrected chi connectivity index (χ2v) is 5.98. The van der Waals surface area contributed by atoms with Crippen LogP contribution in [-0.2, 0) is 9.53 Å². The highest BCUT2D eigenvalue weighted by atomic mass is 35.5. The minimum Gasteiger partial charge on any atom is -0.378 e. The van der Waals surface area contributed by atoms with Crippen LogP contribution in [0.3, 0.4) is 0 Å². The molecule has 3 N–H and O–H groups in total. The lowest BCUT2D eigenvalue weighted by Gasteiger charge is -2.31. The van der Waals surface area contributed by atoms with E-state index in [9.17, 15) is 4.79 Å². The first kappa shape index (κ1) is 17.7. The number of nitrogens with one attached hydrogen (secondary N) is 1. The standard InChI is InChI=1S/C15H28N2O2.ClH/c16-11-12-5-1-2-7-14(12)17-15(18)9-8-13-6-3-4-10-19-13;/h12-14H,1-11,16H2,(H,17,18);1H. The summed E-state index contributed by atoms with van der Waals surface area (Å²) in [6.45, 7) is 1.56. The highest BCUT2D eigenvalue weighted by molar-refractivity contribution is 5.85. The van der Waals surface area contributed by atoms with Gasteiger partial charge in [0.05, 0.1) is 6.10 Å². The Morgan fingerprint density at radius 3 is 2.60 bits per heavy atom. The molecule has 0 aromatic carbocycles. The summed E-state index contributed by atoms with van der Waals surface area (Å²) < 4.78 is 5.66. The largest absolute Gasteiger partial charge is 0.378 e. The van der Waals surface area contributed by atoms with Gasteiger partial charge in [0.1, 0.15) is 0 Å². The van der Waals surface area contributed by atoms with Crippen LogP contribution in [0.2, 0.25) is 0 Å². The third kappa shape index (κ3) is 5.58. The molecule has 3 unspecified atom stereocenters. The summed E-state index contributed by atoms with van der Waals surface area (Å²) in [7, 11) is 0. The van der Waals surface area contributed by atoms with Crippen molar-refractivity contribution in [2.24, 2.45) is 11.7 Å². The van der Waals surface area contributed by atoms with Crippen LogP contribution < -0.4 is 11.1 Å². The molecular formula is C15H29ClN2O2. The lowest BCUT2D eigenvalue weighted by molar-refractivity contribution is -0.123. The van der Waals surface area contributed by atoms with E-state index in [2.05, 4.69) is 5.32 Å². The lowest BCUT2D eigenvalue weighted by Crippen LogP contribution is -2.44. The molecule has 0 bridgehead atoms. The summed E-state index contributed by atoms with van der Waals surface area (Å²) in [5.74, 6) is 0.656. The number of carbonyl (C=O) groups excluding carboxylic acids is 1. The van der Waals surface area contributed by atoms with Crippen molar-refractivity contribution in [3.05, 3.63) is 0 Å². The van der Waals surface area contributed by atoms with Crippen LogP contribution >= 0.6 is 12.4 Å². The van der Waals surface area contributed by atoms with Gasteiger partial charge < -0.3 is 15.8 Å². The highest BCUT2D eigenvalue weighted by Crippen LogP contribution is 2.24. The number of amides is 1. The van der Waals surface area contributed by atoms with Crippen LogP contribution in [-0.4, -0.2) is 31.2 Å². The number of hydrogen-bond acceptors (Lipinski definition) is 3. The zero-order valence-corrected chi connectivity index (χ0v) is 13.1. The zero-order valence-electron chi connectivity index (χ0n) is 12.3. The van der Waals surface area contributed by atoms with Crippen molar-refractivity contribution < 1.29 is 9.53 Å². The number of carbonyl (C=O) groups is 1. The van der Waals surface area contributed by atoms with Crippen LogP contribution in [0.5, 0.6) is 0 Å². The van der Waals surface area contributed by atoms with Gasteiger partial charge in [0.15, 0.2) is 0 Å². The molecule has 20 heavy (non-hydrogen) atoms. The molecule has 2 fully saturated rings. The first-order valence-corrected chi connectivity index (χ1v) is 7.90. The second-order valence-electron chi connectivity index (χ2n) is 5.98. The number of ether oxygens (including phenoxy) is 1. The quantitative estimate of drug-likeness (QED) is 0.819. The minimum absolute atomic E-state index is 0. The molecule has 4 nitrogen and oxygen atoms in total. The van der Waals surface area contributed by atoms with Crippen molar-refractivity contribution in [3.8, 4) is 0 Å². The Morgan fingerprint density at radius 1 is 1.15 bits per heavy atom. The Balaban J connectivity index is 0.00000200. The number of rotatable bonds is 5. The normalized spacial score (nSPS) is 30.4. The molecule has 0 radical (unpaired) electrons. The van der Waals surface area contributed by atoms with Crippen LogP contribution in [0.4, 0.5) is 0 Å². The smallest absolute Gasteiger partial charge is 0.220 e. The molecule has 1 saturated heterocycles. The van der Waals surface area contributed by atoms with E-state index in [1.54, 1.807) is 0 Å². The maximum atomic E-state index is 12.0. The Kier molecular flexibility index (Phi) is 8.50. The molecular weight excluding hydrogens is 276 g/mol. The second kappa shape index (κ2) is 9.59. The van der Waals surface area contributed by atoms with Crippen molar-refractivity contribution in [3.63, 3.8) is 0 Å². The van der Waals surface area contributed by atoms with Crippen LogP contribution in [0.15, 0.2) is 0 Å². The van der Waals surface area contributed by atoms with Gasteiger partial charge in [0.25, 0.3) is 0 Å². The monoisotopic (exact) mass is 304 g/mol. The van der Waals surface area contributed by atoms with Gasteiger partial charge in [0, 0.05) is 19.1 Å². The number of hydrogen-bond donors (Lipinski definition) is 2. The van der Waals surface area contributed by atoms with Crippen LogP contribution in [0.1, 0.15) is 57.8 Å². The van der Waals surface area contributed by atoms with Gasteiger partial charge in [-0.2, -0.15) is 0 Å². The fourth-order valence-electron chi connectivity index (χ4n) is 3.29. The average molecular weight is 305 g/mol. The molecule has 5 heteroatoms. The molecule has 1 saturated carbocycles. The topological polar surface area (TPSA) is 64.3 Å². The molecule has 0 aromatic rings. The van der Waals surface area contributed by atoms with Crippen LogP contribution in [0, 0.1) is 5.92 Å². The molecule has 3 atom stereocenters. The summed E-state index contributed by atoms with van der Waals surface area (Å²) >= 11 is 0. The molecule has 118 valence electrons. The predicted molar refractivity (Wildman–Crippen MR) is 83.0 cm³/mol. The summed E-state index contributed by atoms with van der Waals surface area (Å²) in [6, 6.07) is 0.304. The fraction of sp³-hybridized carbons (Fsp3) is 0.933. The van der Waals surface area contributed by atoms with Gasteiger partial charge in [-0.3, -0.25) is 4.79 Å². The third-order valence-corrected chi connectivity index (χ3v) is 4.53. The molecule has 1 amide bonds. The highest BCUT2D eigenvalue weighted by Gasteiger charge is 2.25. The van der Waals surface area contributed by atoms with Crippen LogP contribution in [0.25, 0.3) is 0 Å². The zero-order chi connectivity index (χ0) is 13.5. The van der Waals surface area contributed by atoms with Crippen molar-refractivity contribution in [1.82, 2.24) is 5.32 Å². The molecule has 0 aromatic heterocycles. The number of halogens is 1.